The molecule has 1 aliphatic carbocycles. The molecule has 0 radical (unpaired) electrons. The zero-order valence-corrected chi connectivity index (χ0v) is 12.9. The van der Waals surface area contributed by atoms with Crippen LogP contribution in [0, 0.1) is 5.82 Å². The molecule has 0 aromatic heterocycles. The largest absolute Gasteiger partial charge is 0.322 e. The molecule has 2 rings (SSSR count). The van der Waals surface area contributed by atoms with E-state index in [1.165, 1.54) is 44.2 Å². The topological polar surface area (TPSA) is 41.1 Å². The minimum absolute atomic E-state index is 0.170. The lowest BCUT2D eigenvalue weighted by Gasteiger charge is -2.20. The van der Waals surface area contributed by atoms with E-state index in [0.29, 0.717) is 11.1 Å². The summed E-state index contributed by atoms with van der Waals surface area (Å²) in [7, 11) is 0. The number of anilines is 1. The summed E-state index contributed by atoms with van der Waals surface area (Å²) in [5, 5.41) is 6.17. The number of halogens is 2. The molecule has 0 unspecified atom stereocenters. The summed E-state index contributed by atoms with van der Waals surface area (Å²) in [5.74, 6) is -0.736. The number of hydrogen-bond acceptors (Lipinski definition) is 2. The van der Waals surface area contributed by atoms with Crippen molar-refractivity contribution in [1.29, 1.82) is 0 Å². The molecule has 5 heteroatoms. The Morgan fingerprint density at radius 3 is 2.52 bits per heavy atom. The van der Waals surface area contributed by atoms with E-state index >= 15 is 0 Å². The van der Waals surface area contributed by atoms with Crippen LogP contribution >= 0.6 is 11.6 Å². The summed E-state index contributed by atoms with van der Waals surface area (Å²) in [6.45, 7) is 0.215. The Morgan fingerprint density at radius 1 is 1.19 bits per heavy atom. The van der Waals surface area contributed by atoms with Gasteiger partial charge in [0.2, 0.25) is 5.91 Å². The first-order valence-electron chi connectivity index (χ1n) is 7.63. The molecule has 1 aromatic rings. The molecule has 1 amide bonds. The van der Waals surface area contributed by atoms with Crippen molar-refractivity contribution in [2.45, 2.75) is 51.0 Å². The van der Waals surface area contributed by atoms with E-state index in [2.05, 4.69) is 10.6 Å². The smallest absolute Gasteiger partial charge is 0.238 e. The highest BCUT2D eigenvalue weighted by atomic mass is 35.5. The Morgan fingerprint density at radius 2 is 1.86 bits per heavy atom. The Bertz CT molecular complexity index is 473. The summed E-state index contributed by atoms with van der Waals surface area (Å²) in [6.07, 6.45) is 8.53. The van der Waals surface area contributed by atoms with Crippen molar-refractivity contribution >= 4 is 23.2 Å². The maximum atomic E-state index is 13.6. The monoisotopic (exact) mass is 312 g/mol. The van der Waals surface area contributed by atoms with Crippen LogP contribution in [0.3, 0.4) is 0 Å². The van der Waals surface area contributed by atoms with Gasteiger partial charge in [-0.15, -0.1) is 0 Å². The molecule has 0 bridgehead atoms. The van der Waals surface area contributed by atoms with Crippen LogP contribution < -0.4 is 10.6 Å². The molecule has 116 valence electrons. The maximum Gasteiger partial charge on any atom is 0.238 e. The minimum atomic E-state index is -0.512. The number of rotatable bonds is 4. The quantitative estimate of drug-likeness (QED) is 0.878. The average molecular weight is 313 g/mol. The Balaban J connectivity index is 1.78. The lowest BCUT2D eigenvalue weighted by atomic mass is 9.97. The molecule has 1 aliphatic rings. The lowest BCUT2D eigenvalue weighted by molar-refractivity contribution is -0.115. The van der Waals surface area contributed by atoms with Crippen LogP contribution in [-0.4, -0.2) is 18.5 Å². The zero-order chi connectivity index (χ0) is 15.1. The summed E-state index contributed by atoms with van der Waals surface area (Å²) in [4.78, 5) is 11.9. The van der Waals surface area contributed by atoms with Crippen LogP contribution in [0.4, 0.5) is 10.1 Å². The summed E-state index contributed by atoms with van der Waals surface area (Å²) < 4.78 is 13.6. The van der Waals surface area contributed by atoms with Crippen molar-refractivity contribution in [2.75, 3.05) is 11.9 Å². The Labute approximate surface area is 130 Å². The number of nitrogens with one attached hydrogen (secondary N) is 2. The van der Waals surface area contributed by atoms with Crippen molar-refractivity contribution in [3.63, 3.8) is 0 Å². The van der Waals surface area contributed by atoms with Gasteiger partial charge in [-0.25, -0.2) is 4.39 Å². The summed E-state index contributed by atoms with van der Waals surface area (Å²) in [6, 6.07) is 4.62. The fourth-order valence-electron chi connectivity index (χ4n) is 2.68. The molecule has 1 aromatic carbocycles. The van der Waals surface area contributed by atoms with Crippen LogP contribution in [0.2, 0.25) is 5.02 Å². The van der Waals surface area contributed by atoms with Crippen molar-refractivity contribution in [3.8, 4) is 0 Å². The van der Waals surface area contributed by atoms with Gasteiger partial charge in [-0.05, 0) is 31.0 Å². The zero-order valence-electron chi connectivity index (χ0n) is 12.1. The lowest BCUT2D eigenvalue weighted by Crippen LogP contribution is -2.36. The molecule has 0 atom stereocenters. The molecule has 0 heterocycles. The molecule has 0 aliphatic heterocycles. The van der Waals surface area contributed by atoms with Gasteiger partial charge in [-0.1, -0.05) is 43.7 Å². The average Bonchev–Trinajstić information content (AvgIpc) is 2.41. The van der Waals surface area contributed by atoms with Crippen molar-refractivity contribution in [3.05, 3.63) is 29.0 Å². The predicted octanol–water partition coefficient (Wildman–Crippen LogP) is 4.12. The fraction of sp³-hybridized carbons (Fsp3) is 0.562. The maximum absolute atomic E-state index is 13.6. The van der Waals surface area contributed by atoms with Crippen molar-refractivity contribution < 1.29 is 9.18 Å². The first kappa shape index (κ1) is 16.2. The van der Waals surface area contributed by atoms with E-state index in [-0.39, 0.29) is 18.1 Å². The number of carbonyl (C=O) groups is 1. The molecule has 2 N–H and O–H groups in total. The molecule has 0 saturated heterocycles. The summed E-state index contributed by atoms with van der Waals surface area (Å²) >= 11 is 5.68. The fourth-order valence-corrected chi connectivity index (χ4v) is 2.84. The van der Waals surface area contributed by atoms with Gasteiger partial charge in [0.05, 0.1) is 12.2 Å². The molecular weight excluding hydrogens is 291 g/mol. The third-order valence-electron chi connectivity index (χ3n) is 3.86. The highest BCUT2D eigenvalue weighted by Gasteiger charge is 2.13. The van der Waals surface area contributed by atoms with Gasteiger partial charge >= 0.3 is 0 Å². The first-order valence-corrected chi connectivity index (χ1v) is 8.01. The second-order valence-electron chi connectivity index (χ2n) is 5.60. The number of amides is 1. The molecule has 1 saturated carbocycles. The van der Waals surface area contributed by atoms with Gasteiger partial charge in [0.25, 0.3) is 0 Å². The Kier molecular flexibility index (Phi) is 6.46. The van der Waals surface area contributed by atoms with Crippen LogP contribution in [-0.2, 0) is 4.79 Å². The Hall–Kier alpha value is -1.13. The summed E-state index contributed by atoms with van der Waals surface area (Å²) in [5.41, 5.74) is 0.170. The molecule has 0 spiro atoms. The van der Waals surface area contributed by atoms with E-state index in [1.54, 1.807) is 6.07 Å². The van der Waals surface area contributed by atoms with Crippen LogP contribution in [0.5, 0.6) is 0 Å². The van der Waals surface area contributed by atoms with E-state index in [1.807, 2.05) is 0 Å². The van der Waals surface area contributed by atoms with E-state index in [0.717, 1.165) is 12.8 Å². The second-order valence-corrected chi connectivity index (χ2v) is 6.03. The predicted molar refractivity (Wildman–Crippen MR) is 84.1 cm³/mol. The second kappa shape index (κ2) is 8.35. The normalized spacial score (nSPS) is 17.0. The number of carbonyl (C=O) groups excluding carboxylic acids is 1. The van der Waals surface area contributed by atoms with Crippen molar-refractivity contribution in [2.24, 2.45) is 0 Å². The molecular formula is C16H22ClFN2O. The highest BCUT2D eigenvalue weighted by Crippen LogP contribution is 2.19. The van der Waals surface area contributed by atoms with E-state index in [9.17, 15) is 9.18 Å². The third kappa shape index (κ3) is 5.64. The minimum Gasteiger partial charge on any atom is -0.322 e. The van der Waals surface area contributed by atoms with Gasteiger partial charge in [-0.3, -0.25) is 4.79 Å². The number of hydrogen-bond donors (Lipinski definition) is 2. The first-order chi connectivity index (χ1) is 10.1. The van der Waals surface area contributed by atoms with Gasteiger partial charge in [0, 0.05) is 11.1 Å². The van der Waals surface area contributed by atoms with Gasteiger partial charge < -0.3 is 10.6 Å². The van der Waals surface area contributed by atoms with Crippen molar-refractivity contribution in [1.82, 2.24) is 5.32 Å². The van der Waals surface area contributed by atoms with Crippen LogP contribution in [0.15, 0.2) is 18.2 Å². The van der Waals surface area contributed by atoms with Gasteiger partial charge in [0.1, 0.15) is 5.82 Å². The third-order valence-corrected chi connectivity index (χ3v) is 4.10. The van der Waals surface area contributed by atoms with E-state index < -0.39 is 5.82 Å². The highest BCUT2D eigenvalue weighted by molar-refractivity contribution is 6.30. The number of benzene rings is 1. The van der Waals surface area contributed by atoms with Gasteiger partial charge in [0.15, 0.2) is 0 Å². The van der Waals surface area contributed by atoms with Crippen LogP contribution in [0.25, 0.3) is 0 Å². The molecule has 1 fully saturated rings. The van der Waals surface area contributed by atoms with Gasteiger partial charge in [-0.2, -0.15) is 0 Å². The standard InChI is InChI=1S/C16H22ClFN2O/c17-12-8-9-15(14(18)10-12)20-16(21)11-19-13-6-4-2-1-3-5-7-13/h8-10,13,19H,1-7,11H2,(H,20,21). The van der Waals surface area contributed by atoms with Crippen LogP contribution in [0.1, 0.15) is 44.9 Å². The molecule has 21 heavy (non-hydrogen) atoms. The van der Waals surface area contributed by atoms with E-state index in [4.69, 9.17) is 11.6 Å². The SMILES string of the molecule is O=C(CNC1CCCCCCC1)Nc1ccc(Cl)cc1F. The molecule has 3 nitrogen and oxygen atoms in total.